The molecule has 2 bridgehead atoms. The summed E-state index contributed by atoms with van der Waals surface area (Å²) in [6, 6.07) is 5.25. The number of hydrogen-bond donors (Lipinski definition) is 0. The Hall–Kier alpha value is -0.870. The summed E-state index contributed by atoms with van der Waals surface area (Å²) >= 11 is 1.77. The number of esters is 1. The topological polar surface area (TPSA) is 29.5 Å². The van der Waals surface area contributed by atoms with Crippen molar-refractivity contribution in [2.45, 2.75) is 37.3 Å². The predicted octanol–water partition coefficient (Wildman–Crippen LogP) is 2.49. The minimum absolute atomic E-state index is 0.0115. The molecule has 3 nitrogen and oxygen atoms in total. The van der Waals surface area contributed by atoms with Crippen molar-refractivity contribution < 1.29 is 9.53 Å². The fourth-order valence-electron chi connectivity index (χ4n) is 3.72. The van der Waals surface area contributed by atoms with Crippen LogP contribution in [0.15, 0.2) is 17.5 Å². The molecule has 3 rings (SSSR count). The highest BCUT2D eigenvalue weighted by Gasteiger charge is 2.49. The largest absolute Gasteiger partial charge is 0.469 e. The molecule has 0 N–H and O–H groups in total. The van der Waals surface area contributed by atoms with Crippen molar-refractivity contribution in [3.63, 3.8) is 0 Å². The third kappa shape index (κ3) is 1.79. The van der Waals surface area contributed by atoms with Crippen LogP contribution in [-0.2, 0) is 9.53 Å². The van der Waals surface area contributed by atoms with Crippen LogP contribution in [-0.4, -0.2) is 37.1 Å². The third-order valence-corrected chi connectivity index (χ3v) is 5.65. The van der Waals surface area contributed by atoms with Gasteiger partial charge in [-0.15, -0.1) is 11.3 Å². The average molecular weight is 265 g/mol. The number of hydrogen-bond acceptors (Lipinski definition) is 4. The van der Waals surface area contributed by atoms with Gasteiger partial charge in [0.15, 0.2) is 0 Å². The number of ether oxygens (including phenoxy) is 1. The summed E-state index contributed by atoms with van der Waals surface area (Å²) in [7, 11) is 3.66. The van der Waals surface area contributed by atoms with Crippen LogP contribution >= 0.6 is 11.3 Å². The van der Waals surface area contributed by atoms with E-state index in [0.717, 1.165) is 12.8 Å². The maximum absolute atomic E-state index is 12.2. The summed E-state index contributed by atoms with van der Waals surface area (Å²) in [4.78, 5) is 15.9. The minimum Gasteiger partial charge on any atom is -0.469 e. The van der Waals surface area contributed by atoms with Gasteiger partial charge in [-0.25, -0.2) is 0 Å². The summed E-state index contributed by atoms with van der Waals surface area (Å²) < 4.78 is 5.06. The molecule has 0 aliphatic carbocycles. The molecule has 0 spiro atoms. The zero-order chi connectivity index (χ0) is 12.7. The van der Waals surface area contributed by atoms with Crippen molar-refractivity contribution in [3.05, 3.63) is 22.4 Å². The molecule has 3 heterocycles. The molecule has 2 aliphatic heterocycles. The first kappa shape index (κ1) is 12.2. The molecule has 0 radical (unpaired) electrons. The SMILES string of the molecule is COC(=O)C1C2CC[C@H](C[C@@H]1c1cccs1)N2C. The molecule has 2 fully saturated rings. The van der Waals surface area contributed by atoms with Crippen molar-refractivity contribution in [2.24, 2.45) is 5.92 Å². The van der Waals surface area contributed by atoms with Gasteiger partial charge >= 0.3 is 5.97 Å². The number of nitrogens with zero attached hydrogens (tertiary/aromatic N) is 1. The van der Waals surface area contributed by atoms with E-state index in [1.807, 2.05) is 0 Å². The zero-order valence-electron chi connectivity index (χ0n) is 10.8. The van der Waals surface area contributed by atoms with E-state index in [0.29, 0.717) is 18.0 Å². The molecular formula is C14H19NO2S. The van der Waals surface area contributed by atoms with Crippen LogP contribution in [0.5, 0.6) is 0 Å². The zero-order valence-corrected chi connectivity index (χ0v) is 11.7. The standard InChI is InChI=1S/C14H19NO2S/c1-15-9-5-6-11(15)13(14(16)17-2)10(8-9)12-4-3-7-18-12/h3-4,7,9-11,13H,5-6,8H2,1-2H3/t9-,10-,11?,13?/m1/s1. The van der Waals surface area contributed by atoms with Gasteiger partial charge in [-0.2, -0.15) is 0 Å². The van der Waals surface area contributed by atoms with Crippen molar-refractivity contribution in [1.82, 2.24) is 4.90 Å². The number of piperidine rings is 1. The Morgan fingerprint density at radius 1 is 1.50 bits per heavy atom. The van der Waals surface area contributed by atoms with E-state index in [9.17, 15) is 4.79 Å². The van der Waals surface area contributed by atoms with Gasteiger partial charge in [0.2, 0.25) is 0 Å². The van der Waals surface area contributed by atoms with Crippen molar-refractivity contribution in [1.29, 1.82) is 0 Å². The van der Waals surface area contributed by atoms with Gasteiger partial charge in [0.05, 0.1) is 13.0 Å². The van der Waals surface area contributed by atoms with E-state index < -0.39 is 0 Å². The lowest BCUT2D eigenvalue weighted by Gasteiger charge is -2.41. The van der Waals surface area contributed by atoms with Crippen LogP contribution in [0.2, 0.25) is 0 Å². The number of thiophene rings is 1. The second-order valence-electron chi connectivity index (χ2n) is 5.37. The van der Waals surface area contributed by atoms with Crippen molar-refractivity contribution in [3.8, 4) is 0 Å². The van der Waals surface area contributed by atoms with E-state index in [2.05, 4.69) is 29.5 Å². The molecule has 98 valence electrons. The van der Waals surface area contributed by atoms with Gasteiger partial charge in [0.1, 0.15) is 0 Å². The van der Waals surface area contributed by atoms with E-state index in [1.165, 1.54) is 18.4 Å². The van der Waals surface area contributed by atoms with Gasteiger partial charge in [-0.3, -0.25) is 9.69 Å². The predicted molar refractivity (Wildman–Crippen MR) is 71.8 cm³/mol. The highest BCUT2D eigenvalue weighted by atomic mass is 32.1. The Kier molecular flexibility index (Phi) is 3.16. The molecule has 0 saturated carbocycles. The minimum atomic E-state index is -0.0365. The maximum atomic E-state index is 12.2. The third-order valence-electron chi connectivity index (χ3n) is 4.65. The van der Waals surface area contributed by atoms with Crippen LogP contribution in [0.4, 0.5) is 0 Å². The van der Waals surface area contributed by atoms with Gasteiger partial charge in [-0.1, -0.05) is 6.07 Å². The molecule has 2 unspecified atom stereocenters. The Balaban J connectivity index is 1.94. The van der Waals surface area contributed by atoms with Gasteiger partial charge < -0.3 is 4.74 Å². The van der Waals surface area contributed by atoms with Gasteiger partial charge in [0, 0.05) is 22.9 Å². The molecule has 4 heteroatoms. The Bertz CT molecular complexity index is 431. The fraction of sp³-hybridized carbons (Fsp3) is 0.643. The molecule has 0 amide bonds. The summed E-state index contributed by atoms with van der Waals surface area (Å²) in [6.45, 7) is 0. The Morgan fingerprint density at radius 2 is 2.33 bits per heavy atom. The number of rotatable bonds is 2. The van der Waals surface area contributed by atoms with Gasteiger partial charge in [0.25, 0.3) is 0 Å². The second-order valence-corrected chi connectivity index (χ2v) is 6.35. The summed E-state index contributed by atoms with van der Waals surface area (Å²) in [5.74, 6) is 0.328. The average Bonchev–Trinajstić information content (AvgIpc) is 2.96. The van der Waals surface area contributed by atoms with Gasteiger partial charge in [-0.05, 0) is 37.8 Å². The van der Waals surface area contributed by atoms with Crippen LogP contribution < -0.4 is 0 Å². The smallest absolute Gasteiger partial charge is 0.310 e. The van der Waals surface area contributed by atoms with E-state index >= 15 is 0 Å². The fourth-order valence-corrected chi connectivity index (χ4v) is 4.61. The lowest BCUT2D eigenvalue weighted by atomic mass is 9.79. The quantitative estimate of drug-likeness (QED) is 0.769. The van der Waals surface area contributed by atoms with E-state index in [1.54, 1.807) is 11.3 Å². The highest BCUT2D eigenvalue weighted by molar-refractivity contribution is 7.10. The first-order valence-electron chi connectivity index (χ1n) is 6.55. The number of methoxy groups -OCH3 is 1. The normalized spacial score (nSPS) is 35.7. The number of fused-ring (bicyclic) bond motifs is 2. The Labute approximate surface area is 112 Å². The molecule has 1 aromatic rings. The molecule has 0 aromatic carbocycles. The monoisotopic (exact) mass is 265 g/mol. The summed E-state index contributed by atoms with van der Waals surface area (Å²) in [6.07, 6.45) is 3.44. The number of carbonyl (C=O) groups is 1. The molecule has 4 atom stereocenters. The van der Waals surface area contributed by atoms with Crippen LogP contribution in [0.3, 0.4) is 0 Å². The first-order chi connectivity index (χ1) is 8.72. The highest BCUT2D eigenvalue weighted by Crippen LogP contribution is 2.47. The van der Waals surface area contributed by atoms with Crippen molar-refractivity contribution in [2.75, 3.05) is 14.2 Å². The molecular weight excluding hydrogens is 246 g/mol. The number of carbonyl (C=O) groups excluding carboxylic acids is 1. The lowest BCUT2D eigenvalue weighted by molar-refractivity contribution is -0.150. The van der Waals surface area contributed by atoms with E-state index in [4.69, 9.17) is 4.74 Å². The van der Waals surface area contributed by atoms with Crippen LogP contribution in [0, 0.1) is 5.92 Å². The first-order valence-corrected chi connectivity index (χ1v) is 7.43. The van der Waals surface area contributed by atoms with Crippen LogP contribution in [0.25, 0.3) is 0 Å². The summed E-state index contributed by atoms with van der Waals surface area (Å²) in [5, 5.41) is 2.10. The Morgan fingerprint density at radius 3 is 3.00 bits per heavy atom. The summed E-state index contributed by atoms with van der Waals surface area (Å²) in [5.41, 5.74) is 0. The van der Waals surface area contributed by atoms with Crippen molar-refractivity contribution >= 4 is 17.3 Å². The molecule has 2 saturated heterocycles. The second kappa shape index (κ2) is 4.67. The lowest BCUT2D eigenvalue weighted by Crippen LogP contribution is -2.48. The van der Waals surface area contributed by atoms with Crippen LogP contribution in [0.1, 0.15) is 30.1 Å². The molecule has 18 heavy (non-hydrogen) atoms. The van der Waals surface area contributed by atoms with E-state index in [-0.39, 0.29) is 11.9 Å². The molecule has 2 aliphatic rings. The maximum Gasteiger partial charge on any atom is 0.310 e. The molecule has 1 aromatic heterocycles.